The van der Waals surface area contributed by atoms with Crippen molar-refractivity contribution in [1.82, 2.24) is 21.3 Å². The molecule has 4 fully saturated rings. The van der Waals surface area contributed by atoms with Crippen LogP contribution in [0.25, 0.3) is 0 Å². The number of rotatable bonds is 16. The van der Waals surface area contributed by atoms with E-state index in [2.05, 4.69) is 16.0 Å². The van der Waals surface area contributed by atoms with Crippen LogP contribution in [-0.4, -0.2) is 146 Å². The van der Waals surface area contributed by atoms with Gasteiger partial charge in [0.2, 0.25) is 11.8 Å². The van der Waals surface area contributed by atoms with E-state index in [1.165, 1.54) is 64.1 Å². The van der Waals surface area contributed by atoms with Crippen molar-refractivity contribution in [3.05, 3.63) is 82.9 Å². The fraction of sp³-hybridized carbons (Fsp3) is 0.520. The van der Waals surface area contributed by atoms with Crippen molar-refractivity contribution >= 4 is 59.4 Å². The molecule has 2 heterocycles. The Morgan fingerprint density at radius 1 is 0.890 bits per heavy atom. The number of imide groups is 1. The summed E-state index contributed by atoms with van der Waals surface area (Å²) >= 11 is 0. The number of esters is 4. The molecule has 23 nitrogen and oxygen atoms in total. The van der Waals surface area contributed by atoms with Crippen molar-refractivity contribution < 1.29 is 92.1 Å². The zero-order chi connectivity index (χ0) is 53.5. The summed E-state index contributed by atoms with van der Waals surface area (Å²) in [5.41, 5.74) is -8.29. The maximum Gasteiger partial charge on any atom is 0.338 e. The standard InChI is InChI=1S/C50H58N4O19/c1-23-30(71-45(66)37(61)36(26-13-9-7-10-14-26)53-42(63)28(17-18-34(59)60)51-33(58)19-29-43(64)54-46(67)52-29)21-50(68)41(72-44(65)27-15-11-8-12-16-27)39-48(6,31(57)20-32-49(39,22-69-32)73-25(3)56)40(62)38(70-24(2)55)35(23)47(50,4)5/h7-16,28-32,36-39,41,57,61,68H,17-22H2,1-6H3,(H,51,58)(H,53,63)(H,59,60)(H2,52,54,64,67)/t28-,29?,30+,31+,32-,36+,37-,38-,39+,41+,48-,49+,50-/m1/s1. The summed E-state index contributed by atoms with van der Waals surface area (Å²) in [7, 11) is 0. The molecular weight excluding hydrogens is 961 g/mol. The summed E-state index contributed by atoms with van der Waals surface area (Å²) in [5.74, 6) is -11.1. The van der Waals surface area contributed by atoms with Crippen molar-refractivity contribution in [2.24, 2.45) is 16.7 Å². The third-order valence-electron chi connectivity index (χ3n) is 15.0. The van der Waals surface area contributed by atoms with E-state index in [1.807, 2.05) is 5.32 Å². The molecule has 8 N–H and O–H groups in total. The Hall–Kier alpha value is -7.08. The monoisotopic (exact) mass is 1020 g/mol. The van der Waals surface area contributed by atoms with E-state index in [1.54, 1.807) is 24.3 Å². The number of nitrogens with one attached hydrogen (secondary N) is 4. The van der Waals surface area contributed by atoms with Crippen molar-refractivity contribution in [3.8, 4) is 0 Å². The molecule has 2 aromatic carbocycles. The van der Waals surface area contributed by atoms with Gasteiger partial charge >= 0.3 is 35.9 Å². The van der Waals surface area contributed by atoms with Crippen molar-refractivity contribution in [2.75, 3.05) is 6.61 Å². The van der Waals surface area contributed by atoms with E-state index in [4.69, 9.17) is 23.7 Å². The first kappa shape index (κ1) is 53.7. The van der Waals surface area contributed by atoms with Gasteiger partial charge in [0.05, 0.1) is 42.1 Å². The number of aliphatic carboxylic acids is 1. The van der Waals surface area contributed by atoms with Crippen LogP contribution in [0, 0.1) is 16.7 Å². The highest BCUT2D eigenvalue weighted by Crippen LogP contribution is 2.64. The molecule has 0 aromatic heterocycles. The maximum atomic E-state index is 15.6. The first-order chi connectivity index (χ1) is 34.3. The van der Waals surface area contributed by atoms with Gasteiger partial charge in [0, 0.05) is 38.5 Å². The van der Waals surface area contributed by atoms with E-state index in [-0.39, 0.29) is 35.3 Å². The number of hydrogen-bond acceptors (Lipinski definition) is 18. The Balaban J connectivity index is 1.30. The number of ether oxygens (including phenoxy) is 5. The number of aliphatic hydroxyl groups excluding tert-OH is 2. The smallest absolute Gasteiger partial charge is 0.338 e. The van der Waals surface area contributed by atoms with Gasteiger partial charge in [0.25, 0.3) is 5.91 Å². The molecule has 73 heavy (non-hydrogen) atoms. The van der Waals surface area contributed by atoms with Crippen LogP contribution in [0.3, 0.4) is 0 Å². The number of urea groups is 1. The Morgan fingerprint density at radius 2 is 1.53 bits per heavy atom. The zero-order valence-electron chi connectivity index (χ0n) is 40.7. The van der Waals surface area contributed by atoms with Crippen LogP contribution in [0.15, 0.2) is 71.8 Å². The Labute approximate surface area is 417 Å². The van der Waals surface area contributed by atoms with Gasteiger partial charge in [-0.25, -0.2) is 14.4 Å². The van der Waals surface area contributed by atoms with Crippen LogP contribution in [-0.2, 0) is 62.0 Å². The summed E-state index contributed by atoms with van der Waals surface area (Å²) in [6, 6.07) is 9.57. The third-order valence-corrected chi connectivity index (χ3v) is 15.0. The average Bonchev–Trinajstić information content (AvgIpc) is 3.64. The maximum absolute atomic E-state index is 15.6. The van der Waals surface area contributed by atoms with Crippen LogP contribution < -0.4 is 21.3 Å². The highest BCUT2D eigenvalue weighted by atomic mass is 16.6. The molecule has 2 aromatic rings. The fourth-order valence-electron chi connectivity index (χ4n) is 11.2. The number of aliphatic hydroxyl groups is 3. The van der Waals surface area contributed by atoms with Crippen molar-refractivity contribution in [3.63, 3.8) is 0 Å². The molecule has 392 valence electrons. The van der Waals surface area contributed by atoms with Gasteiger partial charge in [0.15, 0.2) is 23.6 Å². The minimum atomic E-state index is -2.53. The summed E-state index contributed by atoms with van der Waals surface area (Å²) in [4.78, 5) is 133. The molecular formula is C50H58N4O19. The minimum Gasteiger partial charge on any atom is -0.481 e. The number of carbonyl (C=O) groups is 10. The Morgan fingerprint density at radius 3 is 2.10 bits per heavy atom. The fourth-order valence-corrected chi connectivity index (χ4v) is 11.2. The number of carbonyl (C=O) groups excluding carboxylic acids is 9. The predicted octanol–water partition coefficient (Wildman–Crippen LogP) is 0.370. The number of carboxylic acid groups (broad SMARTS) is 1. The number of fused-ring (bicyclic) bond motifs is 5. The first-order valence-electron chi connectivity index (χ1n) is 23.5. The van der Waals surface area contributed by atoms with E-state index in [9.17, 15) is 63.6 Å². The molecule has 13 atom stereocenters. The first-order valence-corrected chi connectivity index (χ1v) is 23.5. The van der Waals surface area contributed by atoms with E-state index >= 15 is 4.79 Å². The van der Waals surface area contributed by atoms with Crippen LogP contribution >= 0.6 is 0 Å². The largest absolute Gasteiger partial charge is 0.481 e. The van der Waals surface area contributed by atoms with Gasteiger partial charge in [-0.3, -0.25) is 38.9 Å². The molecule has 2 saturated heterocycles. The summed E-state index contributed by atoms with van der Waals surface area (Å²) in [5, 5.41) is 56.4. The Bertz CT molecular complexity index is 2620. The highest BCUT2D eigenvalue weighted by molar-refractivity contribution is 6.06. The number of Topliss-reactive ketones (excluding diaryl/α,β-unsaturated/α-hetero) is 1. The van der Waals surface area contributed by atoms with Gasteiger partial charge < -0.3 is 60.1 Å². The lowest BCUT2D eigenvalue weighted by molar-refractivity contribution is -0.346. The van der Waals surface area contributed by atoms with E-state index < -0.39 is 168 Å². The normalized spacial score (nSPS) is 31.1. The quantitative estimate of drug-likeness (QED) is 0.0487. The number of ketones is 1. The summed E-state index contributed by atoms with van der Waals surface area (Å²) < 4.78 is 30.2. The molecule has 2 bridgehead atoms. The van der Waals surface area contributed by atoms with Gasteiger partial charge in [-0.1, -0.05) is 62.4 Å². The highest BCUT2D eigenvalue weighted by Gasteiger charge is 2.78. The van der Waals surface area contributed by atoms with Crippen molar-refractivity contribution in [2.45, 2.75) is 140 Å². The SMILES string of the molecule is CC(=O)O[C@H]1C(=O)[C@@]2(C)[C@H]([C@H](OC(=O)c3ccccc3)[C@]3(O)C[C@H](OC(=O)[C@H](O)[C@@H](NC(=O)[C@@H](CCC(=O)O)NC(=O)CC4NC(=O)NC4=O)c4ccccc4)C(C)=C1C3(C)C)[C@]1(OC(C)=O)CO[C@@H]1C[C@@H]2O. The average molecular weight is 1020 g/mol. The van der Waals surface area contributed by atoms with Crippen LogP contribution in [0.4, 0.5) is 4.79 Å². The lowest BCUT2D eigenvalue weighted by Gasteiger charge is -2.67. The second-order valence-electron chi connectivity index (χ2n) is 19.8. The van der Waals surface area contributed by atoms with E-state index in [0.717, 1.165) is 13.8 Å². The molecule has 2 aliphatic heterocycles. The number of amides is 5. The topological polar surface area (TPSA) is 346 Å². The third kappa shape index (κ3) is 9.93. The van der Waals surface area contributed by atoms with Gasteiger partial charge in [-0.05, 0) is 49.1 Å². The van der Waals surface area contributed by atoms with Crippen LogP contribution in [0.2, 0.25) is 0 Å². The van der Waals surface area contributed by atoms with Gasteiger partial charge in [-0.2, -0.15) is 0 Å². The molecule has 7 rings (SSSR count). The van der Waals surface area contributed by atoms with Gasteiger partial charge in [-0.15, -0.1) is 0 Å². The summed E-state index contributed by atoms with van der Waals surface area (Å²) in [6.45, 7) is 7.48. The second-order valence-corrected chi connectivity index (χ2v) is 19.8. The summed E-state index contributed by atoms with van der Waals surface area (Å²) in [6.07, 6.45) is -13.4. The molecule has 3 aliphatic carbocycles. The molecule has 0 spiro atoms. The van der Waals surface area contributed by atoms with Crippen LogP contribution in [0.5, 0.6) is 0 Å². The zero-order valence-corrected chi connectivity index (χ0v) is 40.7. The van der Waals surface area contributed by atoms with Crippen LogP contribution in [0.1, 0.15) is 95.6 Å². The molecule has 5 amide bonds. The number of benzene rings is 2. The Kier molecular flexibility index (Phi) is 15.0. The lowest BCUT2D eigenvalue weighted by Crippen LogP contribution is -2.82. The lowest BCUT2D eigenvalue weighted by atomic mass is 9.44. The second kappa shape index (κ2) is 20.4. The molecule has 1 unspecified atom stereocenters. The van der Waals surface area contributed by atoms with Gasteiger partial charge in [0.1, 0.15) is 36.0 Å². The number of carboxylic acids is 1. The molecule has 5 aliphatic rings. The van der Waals surface area contributed by atoms with E-state index in [0.29, 0.717) is 0 Å². The molecule has 0 radical (unpaired) electrons. The molecule has 23 heteroatoms. The molecule has 2 saturated carbocycles. The van der Waals surface area contributed by atoms with Crippen molar-refractivity contribution in [1.29, 1.82) is 0 Å². The number of hydrogen-bond donors (Lipinski definition) is 8. The minimum absolute atomic E-state index is 0.00146. The predicted molar refractivity (Wildman–Crippen MR) is 246 cm³/mol.